The van der Waals surface area contributed by atoms with E-state index >= 15 is 0 Å². The Hall–Kier alpha value is -1.89. The summed E-state index contributed by atoms with van der Waals surface area (Å²) in [6.45, 7) is 2.59. The maximum absolute atomic E-state index is 12.7. The van der Waals surface area contributed by atoms with Crippen LogP contribution in [-0.2, 0) is 21.2 Å². The summed E-state index contributed by atoms with van der Waals surface area (Å²) < 4.78 is 32.2. The average molecular weight is 408 g/mol. The van der Waals surface area contributed by atoms with Crippen LogP contribution in [0, 0.1) is 5.92 Å². The van der Waals surface area contributed by atoms with Gasteiger partial charge < -0.3 is 4.74 Å². The number of esters is 1. The molecular weight excluding hydrogens is 386 g/mol. The molecule has 0 radical (unpaired) electrons. The Labute approximate surface area is 165 Å². The van der Waals surface area contributed by atoms with Crippen LogP contribution in [-0.4, -0.2) is 31.8 Å². The summed E-state index contributed by atoms with van der Waals surface area (Å²) in [5.41, 5.74) is 0.922. The second-order valence-electron chi connectivity index (χ2n) is 6.52. The van der Waals surface area contributed by atoms with E-state index in [1.807, 2.05) is 6.92 Å². The lowest BCUT2D eigenvalue weighted by atomic mass is 9.98. The smallest absolute Gasteiger partial charge is 0.314 e. The fourth-order valence-corrected chi connectivity index (χ4v) is 4.90. The molecule has 0 bridgehead atoms. The first-order valence-corrected chi connectivity index (χ1v) is 10.8. The second-order valence-corrected chi connectivity index (χ2v) is 8.86. The van der Waals surface area contributed by atoms with E-state index in [0.717, 1.165) is 12.0 Å². The van der Waals surface area contributed by atoms with Gasteiger partial charge in [0.2, 0.25) is 10.0 Å². The first-order valence-electron chi connectivity index (χ1n) is 8.97. The van der Waals surface area contributed by atoms with E-state index in [2.05, 4.69) is 0 Å². The highest BCUT2D eigenvalue weighted by Crippen LogP contribution is 2.27. The van der Waals surface area contributed by atoms with E-state index in [9.17, 15) is 13.2 Å². The molecule has 1 saturated heterocycles. The van der Waals surface area contributed by atoms with Crippen molar-refractivity contribution in [3.63, 3.8) is 0 Å². The molecule has 1 aliphatic rings. The molecule has 0 spiro atoms. The second kappa shape index (κ2) is 8.42. The molecule has 0 aromatic heterocycles. The summed E-state index contributed by atoms with van der Waals surface area (Å²) in [5.74, 6) is -0.162. The van der Waals surface area contributed by atoms with Gasteiger partial charge in [-0.1, -0.05) is 36.7 Å². The SMILES string of the molecule is CCc1cc(OC(=O)C2CCN(S(=O)(=O)c3ccccc3)CC2)ccc1Cl. The summed E-state index contributed by atoms with van der Waals surface area (Å²) in [7, 11) is -3.52. The third-order valence-electron chi connectivity index (χ3n) is 4.78. The minimum Gasteiger partial charge on any atom is -0.426 e. The number of halogens is 1. The standard InChI is InChI=1S/C20H22ClNO4S/c1-2-15-14-17(8-9-19(15)21)26-20(23)16-10-12-22(13-11-16)27(24,25)18-6-4-3-5-7-18/h3-9,14,16H,2,10-13H2,1H3. The number of rotatable bonds is 5. The van der Waals surface area contributed by atoms with Crippen LogP contribution in [0.2, 0.25) is 5.02 Å². The molecule has 1 aliphatic heterocycles. The number of benzene rings is 2. The maximum Gasteiger partial charge on any atom is 0.314 e. The summed E-state index contributed by atoms with van der Waals surface area (Å²) in [6.07, 6.45) is 1.64. The van der Waals surface area contributed by atoms with Crippen molar-refractivity contribution < 1.29 is 17.9 Å². The van der Waals surface area contributed by atoms with Gasteiger partial charge in [-0.05, 0) is 55.2 Å². The predicted molar refractivity (Wildman–Crippen MR) is 104 cm³/mol. The molecule has 0 saturated carbocycles. The molecule has 0 aliphatic carbocycles. The van der Waals surface area contributed by atoms with Crippen LogP contribution >= 0.6 is 11.6 Å². The molecule has 1 fully saturated rings. The number of hydrogen-bond donors (Lipinski definition) is 0. The van der Waals surface area contributed by atoms with E-state index in [1.54, 1.807) is 48.5 Å². The fourth-order valence-electron chi connectivity index (χ4n) is 3.16. The largest absolute Gasteiger partial charge is 0.426 e. The van der Waals surface area contributed by atoms with Crippen molar-refractivity contribution in [1.82, 2.24) is 4.31 Å². The minimum absolute atomic E-state index is 0.277. The van der Waals surface area contributed by atoms with Gasteiger partial charge in [0.1, 0.15) is 5.75 Å². The molecule has 0 atom stereocenters. The molecule has 3 rings (SSSR count). The number of ether oxygens (including phenoxy) is 1. The van der Waals surface area contributed by atoms with E-state index in [-0.39, 0.29) is 16.8 Å². The van der Waals surface area contributed by atoms with Gasteiger partial charge in [0.15, 0.2) is 0 Å². The normalized spacial score (nSPS) is 16.2. The van der Waals surface area contributed by atoms with Gasteiger partial charge in [-0.15, -0.1) is 0 Å². The Morgan fingerprint density at radius 1 is 1.15 bits per heavy atom. The number of aryl methyl sites for hydroxylation is 1. The quantitative estimate of drug-likeness (QED) is 0.556. The highest BCUT2D eigenvalue weighted by atomic mass is 35.5. The van der Waals surface area contributed by atoms with Crippen molar-refractivity contribution in [2.24, 2.45) is 5.92 Å². The van der Waals surface area contributed by atoms with E-state index < -0.39 is 10.0 Å². The van der Waals surface area contributed by atoms with Gasteiger partial charge in [0.05, 0.1) is 10.8 Å². The van der Waals surface area contributed by atoms with Crippen LogP contribution in [0.5, 0.6) is 5.75 Å². The number of sulfonamides is 1. The highest BCUT2D eigenvalue weighted by molar-refractivity contribution is 7.89. The zero-order chi connectivity index (χ0) is 19.4. The molecule has 1 heterocycles. The Kier molecular flexibility index (Phi) is 6.19. The fraction of sp³-hybridized carbons (Fsp3) is 0.350. The number of carbonyl (C=O) groups excluding carboxylic acids is 1. The number of hydrogen-bond acceptors (Lipinski definition) is 4. The monoisotopic (exact) mass is 407 g/mol. The molecule has 0 unspecified atom stereocenters. The summed E-state index contributed by atoms with van der Waals surface area (Å²) in [4.78, 5) is 12.7. The van der Waals surface area contributed by atoms with Crippen molar-refractivity contribution in [2.75, 3.05) is 13.1 Å². The minimum atomic E-state index is -3.52. The average Bonchev–Trinajstić information content (AvgIpc) is 2.70. The molecule has 2 aromatic rings. The van der Waals surface area contributed by atoms with Crippen LogP contribution in [0.3, 0.4) is 0 Å². The first kappa shape index (κ1) is 19.9. The van der Waals surface area contributed by atoms with Crippen molar-refractivity contribution in [1.29, 1.82) is 0 Å². The summed E-state index contributed by atoms with van der Waals surface area (Å²) in [5, 5.41) is 0.650. The van der Waals surface area contributed by atoms with E-state index in [0.29, 0.717) is 36.7 Å². The molecule has 5 nitrogen and oxygen atoms in total. The molecule has 0 amide bonds. The zero-order valence-electron chi connectivity index (χ0n) is 15.1. The topological polar surface area (TPSA) is 63.7 Å². The van der Waals surface area contributed by atoms with Gasteiger partial charge in [-0.25, -0.2) is 8.42 Å². The van der Waals surface area contributed by atoms with Gasteiger partial charge in [-0.2, -0.15) is 4.31 Å². The first-order chi connectivity index (χ1) is 12.9. The molecule has 7 heteroatoms. The lowest BCUT2D eigenvalue weighted by Gasteiger charge is -2.30. The van der Waals surface area contributed by atoms with Gasteiger partial charge >= 0.3 is 5.97 Å². The predicted octanol–water partition coefficient (Wildman–Crippen LogP) is 3.91. The van der Waals surface area contributed by atoms with E-state index in [4.69, 9.17) is 16.3 Å². The van der Waals surface area contributed by atoms with Crippen molar-refractivity contribution in [3.05, 3.63) is 59.1 Å². The van der Waals surface area contributed by atoms with Gasteiger partial charge in [-0.3, -0.25) is 4.79 Å². The van der Waals surface area contributed by atoms with Gasteiger partial charge in [0, 0.05) is 18.1 Å². The van der Waals surface area contributed by atoms with Crippen molar-refractivity contribution in [2.45, 2.75) is 31.1 Å². The molecule has 2 aromatic carbocycles. The highest BCUT2D eigenvalue weighted by Gasteiger charge is 2.32. The maximum atomic E-state index is 12.7. The third-order valence-corrected chi connectivity index (χ3v) is 7.07. The summed E-state index contributed by atoms with van der Waals surface area (Å²) >= 11 is 6.09. The summed E-state index contributed by atoms with van der Waals surface area (Å²) in [6, 6.07) is 13.5. The third kappa shape index (κ3) is 4.51. The Bertz CT molecular complexity index is 907. The zero-order valence-corrected chi connectivity index (χ0v) is 16.7. The molecule has 27 heavy (non-hydrogen) atoms. The number of piperidine rings is 1. The Morgan fingerprint density at radius 3 is 2.44 bits per heavy atom. The van der Waals surface area contributed by atoms with Crippen LogP contribution in [0.1, 0.15) is 25.3 Å². The Balaban J connectivity index is 1.61. The molecule has 0 N–H and O–H groups in total. The number of nitrogens with zero attached hydrogens (tertiary/aromatic N) is 1. The van der Waals surface area contributed by atoms with Crippen LogP contribution in [0.4, 0.5) is 0 Å². The van der Waals surface area contributed by atoms with Crippen molar-refractivity contribution >= 4 is 27.6 Å². The van der Waals surface area contributed by atoms with Crippen molar-refractivity contribution in [3.8, 4) is 5.75 Å². The lowest BCUT2D eigenvalue weighted by molar-refractivity contribution is -0.140. The van der Waals surface area contributed by atoms with E-state index in [1.165, 1.54) is 4.31 Å². The molecular formula is C20H22ClNO4S. The lowest BCUT2D eigenvalue weighted by Crippen LogP contribution is -2.41. The van der Waals surface area contributed by atoms with Gasteiger partial charge in [0.25, 0.3) is 0 Å². The Morgan fingerprint density at radius 2 is 1.81 bits per heavy atom. The van der Waals surface area contributed by atoms with Crippen LogP contribution in [0.25, 0.3) is 0 Å². The van der Waals surface area contributed by atoms with Crippen LogP contribution in [0.15, 0.2) is 53.4 Å². The van der Waals surface area contributed by atoms with Crippen LogP contribution < -0.4 is 4.74 Å². The molecule has 144 valence electrons. The number of carbonyl (C=O) groups is 1.